The second-order valence-electron chi connectivity index (χ2n) is 3.83. The number of carboxylic acids is 1. The van der Waals surface area contributed by atoms with Gasteiger partial charge in [0.25, 0.3) is 0 Å². The number of benzene rings is 1. The Morgan fingerprint density at radius 1 is 1.42 bits per heavy atom. The van der Waals surface area contributed by atoms with Gasteiger partial charge in [0.2, 0.25) is 5.88 Å². The van der Waals surface area contributed by atoms with Crippen LogP contribution in [0, 0.1) is 12.7 Å². The van der Waals surface area contributed by atoms with Crippen molar-refractivity contribution in [1.82, 2.24) is 4.98 Å². The van der Waals surface area contributed by atoms with E-state index >= 15 is 0 Å². The van der Waals surface area contributed by atoms with Gasteiger partial charge in [-0.1, -0.05) is 15.9 Å². The van der Waals surface area contributed by atoms with E-state index in [0.717, 1.165) is 0 Å². The summed E-state index contributed by atoms with van der Waals surface area (Å²) >= 11 is 3.15. The van der Waals surface area contributed by atoms with Crippen molar-refractivity contribution in [1.29, 1.82) is 0 Å². The Balaban J connectivity index is 2.31. The molecule has 1 N–H and O–H groups in total. The molecule has 0 fully saturated rings. The van der Waals surface area contributed by atoms with Crippen LogP contribution in [0.1, 0.15) is 15.9 Å². The van der Waals surface area contributed by atoms with E-state index in [0.29, 0.717) is 10.0 Å². The molecule has 0 spiro atoms. The van der Waals surface area contributed by atoms with Crippen LogP contribution in [0.15, 0.2) is 34.9 Å². The lowest BCUT2D eigenvalue weighted by atomic mass is 10.2. The van der Waals surface area contributed by atoms with Crippen molar-refractivity contribution in [3.63, 3.8) is 0 Å². The Morgan fingerprint density at radius 2 is 2.16 bits per heavy atom. The number of hydrogen-bond donors (Lipinski definition) is 1. The topological polar surface area (TPSA) is 59.4 Å². The maximum atomic E-state index is 13.6. The van der Waals surface area contributed by atoms with Gasteiger partial charge in [0.05, 0.1) is 5.56 Å². The molecule has 0 amide bonds. The van der Waals surface area contributed by atoms with E-state index in [2.05, 4.69) is 20.9 Å². The number of aromatic nitrogens is 1. The molecule has 0 unspecified atom stereocenters. The first-order chi connectivity index (χ1) is 8.97. The molecule has 1 aromatic heterocycles. The summed E-state index contributed by atoms with van der Waals surface area (Å²) in [5, 5.41) is 8.82. The predicted octanol–water partition coefficient (Wildman–Crippen LogP) is 3.78. The van der Waals surface area contributed by atoms with Gasteiger partial charge in [0.15, 0.2) is 11.6 Å². The predicted molar refractivity (Wildman–Crippen MR) is 70.1 cm³/mol. The van der Waals surface area contributed by atoms with Gasteiger partial charge < -0.3 is 9.84 Å². The SMILES string of the molecule is Cc1cc(C(=O)O)cnc1Oc1ccc(Br)cc1F. The third kappa shape index (κ3) is 3.08. The number of aryl methyl sites for hydroxylation is 1. The maximum Gasteiger partial charge on any atom is 0.337 e. The molecule has 98 valence electrons. The van der Waals surface area contributed by atoms with Crippen LogP contribution in [0.25, 0.3) is 0 Å². The second kappa shape index (κ2) is 5.36. The normalized spacial score (nSPS) is 10.3. The van der Waals surface area contributed by atoms with Crippen molar-refractivity contribution in [3.05, 3.63) is 51.9 Å². The molecule has 4 nitrogen and oxygen atoms in total. The molecular weight excluding hydrogens is 317 g/mol. The van der Waals surface area contributed by atoms with Gasteiger partial charge in [-0.2, -0.15) is 0 Å². The summed E-state index contributed by atoms with van der Waals surface area (Å²) in [5.41, 5.74) is 0.573. The minimum atomic E-state index is -1.07. The first-order valence-electron chi connectivity index (χ1n) is 5.30. The van der Waals surface area contributed by atoms with E-state index in [1.54, 1.807) is 13.0 Å². The van der Waals surface area contributed by atoms with Gasteiger partial charge in [-0.05, 0) is 31.2 Å². The summed E-state index contributed by atoms with van der Waals surface area (Å²) < 4.78 is 19.5. The highest BCUT2D eigenvalue weighted by Gasteiger charge is 2.11. The van der Waals surface area contributed by atoms with Gasteiger partial charge in [0.1, 0.15) is 0 Å². The van der Waals surface area contributed by atoms with Crippen LogP contribution in [0.2, 0.25) is 0 Å². The van der Waals surface area contributed by atoms with Crippen molar-refractivity contribution < 1.29 is 19.0 Å². The van der Waals surface area contributed by atoms with Crippen LogP contribution in [0.3, 0.4) is 0 Å². The van der Waals surface area contributed by atoms with Crippen LogP contribution < -0.4 is 4.74 Å². The van der Waals surface area contributed by atoms with Crippen molar-refractivity contribution in [2.75, 3.05) is 0 Å². The molecule has 0 saturated heterocycles. The minimum Gasteiger partial charge on any atom is -0.478 e. The highest BCUT2D eigenvalue weighted by molar-refractivity contribution is 9.10. The van der Waals surface area contributed by atoms with Gasteiger partial charge in [-0.25, -0.2) is 14.2 Å². The third-order valence-electron chi connectivity index (χ3n) is 2.38. The number of aromatic carboxylic acids is 1. The van der Waals surface area contributed by atoms with Crippen molar-refractivity contribution in [2.45, 2.75) is 6.92 Å². The molecule has 0 aliphatic carbocycles. The maximum absolute atomic E-state index is 13.6. The van der Waals surface area contributed by atoms with E-state index in [4.69, 9.17) is 9.84 Å². The number of rotatable bonds is 3. The molecule has 1 aromatic carbocycles. The molecule has 0 atom stereocenters. The highest BCUT2D eigenvalue weighted by Crippen LogP contribution is 2.27. The van der Waals surface area contributed by atoms with Crippen molar-refractivity contribution in [3.8, 4) is 11.6 Å². The number of pyridine rings is 1. The summed E-state index contributed by atoms with van der Waals surface area (Å²) in [5.74, 6) is -1.40. The zero-order chi connectivity index (χ0) is 14.0. The van der Waals surface area contributed by atoms with Crippen LogP contribution in [0.4, 0.5) is 4.39 Å². The lowest BCUT2D eigenvalue weighted by molar-refractivity contribution is 0.0696. The van der Waals surface area contributed by atoms with E-state index in [9.17, 15) is 9.18 Å². The van der Waals surface area contributed by atoms with Crippen LogP contribution in [0.5, 0.6) is 11.6 Å². The van der Waals surface area contributed by atoms with Crippen LogP contribution in [-0.2, 0) is 0 Å². The van der Waals surface area contributed by atoms with Crippen molar-refractivity contribution in [2.24, 2.45) is 0 Å². The fourth-order valence-electron chi connectivity index (χ4n) is 1.45. The number of halogens is 2. The quantitative estimate of drug-likeness (QED) is 0.932. The fourth-order valence-corrected chi connectivity index (χ4v) is 1.78. The second-order valence-corrected chi connectivity index (χ2v) is 4.74. The number of carboxylic acid groups (broad SMARTS) is 1. The highest BCUT2D eigenvalue weighted by atomic mass is 79.9. The lowest BCUT2D eigenvalue weighted by Crippen LogP contribution is -2.00. The molecule has 6 heteroatoms. The Kier molecular flexibility index (Phi) is 3.80. The van der Waals surface area contributed by atoms with Crippen LogP contribution in [-0.4, -0.2) is 16.1 Å². The number of hydrogen-bond acceptors (Lipinski definition) is 3. The summed E-state index contributed by atoms with van der Waals surface area (Å²) in [6.07, 6.45) is 1.17. The van der Waals surface area contributed by atoms with E-state index in [1.807, 2.05) is 0 Å². The smallest absolute Gasteiger partial charge is 0.337 e. The summed E-state index contributed by atoms with van der Waals surface area (Å²) in [7, 11) is 0. The first kappa shape index (κ1) is 13.5. The first-order valence-corrected chi connectivity index (χ1v) is 6.09. The minimum absolute atomic E-state index is 0.0295. The average Bonchev–Trinajstić information content (AvgIpc) is 2.34. The number of carbonyl (C=O) groups is 1. The van der Waals surface area contributed by atoms with E-state index < -0.39 is 11.8 Å². The molecule has 1 heterocycles. The van der Waals surface area contributed by atoms with Gasteiger partial charge in [0, 0.05) is 16.2 Å². The Bertz CT molecular complexity index is 646. The molecule has 19 heavy (non-hydrogen) atoms. The largest absolute Gasteiger partial charge is 0.478 e. The molecule has 0 aliphatic heterocycles. The average molecular weight is 326 g/mol. The molecule has 0 bridgehead atoms. The summed E-state index contributed by atoms with van der Waals surface area (Å²) in [4.78, 5) is 14.6. The van der Waals surface area contributed by atoms with Gasteiger partial charge >= 0.3 is 5.97 Å². The van der Waals surface area contributed by atoms with Gasteiger partial charge in [-0.3, -0.25) is 0 Å². The molecule has 0 saturated carbocycles. The Morgan fingerprint density at radius 3 is 2.74 bits per heavy atom. The van der Waals surface area contributed by atoms with E-state index in [-0.39, 0.29) is 17.2 Å². The van der Waals surface area contributed by atoms with Crippen LogP contribution >= 0.6 is 15.9 Å². The molecular formula is C13H9BrFNO3. The third-order valence-corrected chi connectivity index (χ3v) is 2.87. The zero-order valence-corrected chi connectivity index (χ0v) is 11.4. The molecule has 0 aliphatic rings. The lowest BCUT2D eigenvalue weighted by Gasteiger charge is -2.09. The van der Waals surface area contributed by atoms with Crippen molar-refractivity contribution >= 4 is 21.9 Å². The summed E-state index contributed by atoms with van der Waals surface area (Å²) in [6, 6.07) is 5.79. The fraction of sp³-hybridized carbons (Fsp3) is 0.0769. The molecule has 0 radical (unpaired) electrons. The number of ether oxygens (including phenoxy) is 1. The van der Waals surface area contributed by atoms with Gasteiger partial charge in [-0.15, -0.1) is 0 Å². The monoisotopic (exact) mass is 325 g/mol. The molecule has 2 aromatic rings. The Hall–Kier alpha value is -1.95. The standard InChI is InChI=1S/C13H9BrFNO3/c1-7-4-8(13(17)18)6-16-12(7)19-11-3-2-9(14)5-10(11)15/h2-6H,1H3,(H,17,18). The number of nitrogens with zero attached hydrogens (tertiary/aromatic N) is 1. The summed E-state index contributed by atoms with van der Waals surface area (Å²) in [6.45, 7) is 1.64. The van der Waals surface area contributed by atoms with E-state index in [1.165, 1.54) is 24.4 Å². The molecule has 2 rings (SSSR count). The zero-order valence-electron chi connectivity index (χ0n) is 9.85. The Labute approximate surface area is 117 Å².